The maximum Gasteiger partial charge on any atom is 0.375 e. The molecule has 0 aliphatic carbocycles. The molecule has 0 saturated carbocycles. The Bertz CT molecular complexity index is 947. The summed E-state index contributed by atoms with van der Waals surface area (Å²) < 4.78 is 11.2. The first-order valence-corrected chi connectivity index (χ1v) is 7.71. The van der Waals surface area contributed by atoms with Gasteiger partial charge in [0, 0.05) is 0 Å². The zero-order valence-electron chi connectivity index (χ0n) is 13.8. The Kier molecular flexibility index (Phi) is 3.97. The number of hydrogen-bond donors (Lipinski definition) is 0. The number of esters is 1. The number of fused-ring (bicyclic) bond motifs is 1. The van der Waals surface area contributed by atoms with Gasteiger partial charge in [0.25, 0.3) is 0 Å². The molecule has 122 valence electrons. The summed E-state index contributed by atoms with van der Waals surface area (Å²) in [4.78, 5) is 25.5. The Labute approximate surface area is 139 Å². The van der Waals surface area contributed by atoms with Gasteiger partial charge < -0.3 is 9.15 Å². The number of benzene rings is 2. The highest BCUT2D eigenvalue weighted by molar-refractivity contribution is 5.97. The summed E-state index contributed by atoms with van der Waals surface area (Å²) in [6.45, 7) is 5.31. The van der Waals surface area contributed by atoms with Crippen molar-refractivity contribution in [2.75, 3.05) is 0 Å². The molecule has 3 aromatic rings. The van der Waals surface area contributed by atoms with E-state index in [1.165, 1.54) is 0 Å². The van der Waals surface area contributed by atoms with Gasteiger partial charge in [0.2, 0.25) is 11.2 Å². The van der Waals surface area contributed by atoms with E-state index in [-0.39, 0.29) is 16.8 Å². The van der Waals surface area contributed by atoms with Gasteiger partial charge >= 0.3 is 5.97 Å². The number of ether oxygens (including phenoxy) is 1. The predicted octanol–water partition coefficient (Wildman–Crippen LogP) is 4.42. The van der Waals surface area contributed by atoms with Gasteiger partial charge in [-0.05, 0) is 38.5 Å². The summed E-state index contributed by atoms with van der Waals surface area (Å²) in [6.07, 6.45) is 0. The summed E-state index contributed by atoms with van der Waals surface area (Å²) in [7, 11) is 0. The molecule has 4 heteroatoms. The SMILES string of the molecule is CC(C)(C)OC(=O)c1oc2ccccc2c(=O)c1-c1ccccc1. The minimum absolute atomic E-state index is 0.0696. The topological polar surface area (TPSA) is 56.5 Å². The molecule has 1 heterocycles. The van der Waals surface area contributed by atoms with Crippen molar-refractivity contribution in [3.05, 3.63) is 70.6 Å². The van der Waals surface area contributed by atoms with Gasteiger partial charge in [0.15, 0.2) is 0 Å². The van der Waals surface area contributed by atoms with E-state index < -0.39 is 11.6 Å². The molecular formula is C20H18O4. The fourth-order valence-electron chi connectivity index (χ4n) is 2.48. The zero-order valence-corrected chi connectivity index (χ0v) is 13.8. The molecule has 0 saturated heterocycles. The van der Waals surface area contributed by atoms with Crippen LogP contribution < -0.4 is 5.43 Å². The third kappa shape index (κ3) is 3.08. The average Bonchev–Trinajstić information content (AvgIpc) is 2.54. The average molecular weight is 322 g/mol. The fourth-order valence-corrected chi connectivity index (χ4v) is 2.48. The summed E-state index contributed by atoms with van der Waals surface area (Å²) in [6, 6.07) is 15.9. The first kappa shape index (κ1) is 16.0. The van der Waals surface area contributed by atoms with Crippen molar-refractivity contribution in [3.8, 4) is 11.1 Å². The number of para-hydroxylation sites is 1. The third-order valence-electron chi connectivity index (χ3n) is 3.44. The molecule has 0 amide bonds. The van der Waals surface area contributed by atoms with Crippen molar-refractivity contribution in [3.63, 3.8) is 0 Å². The van der Waals surface area contributed by atoms with Crippen molar-refractivity contribution < 1.29 is 13.9 Å². The molecule has 0 spiro atoms. The van der Waals surface area contributed by atoms with Crippen molar-refractivity contribution in [2.24, 2.45) is 0 Å². The molecule has 0 atom stereocenters. The number of hydrogen-bond acceptors (Lipinski definition) is 4. The Morgan fingerprint density at radius 1 is 0.958 bits per heavy atom. The van der Waals surface area contributed by atoms with Gasteiger partial charge in [-0.3, -0.25) is 4.79 Å². The molecule has 0 N–H and O–H groups in total. The van der Waals surface area contributed by atoms with Gasteiger partial charge in [-0.25, -0.2) is 4.79 Å². The lowest BCUT2D eigenvalue weighted by molar-refractivity contribution is 0.00377. The Hall–Kier alpha value is -2.88. The molecule has 3 rings (SSSR count). The Balaban J connectivity index is 2.30. The largest absolute Gasteiger partial charge is 0.454 e. The lowest BCUT2D eigenvalue weighted by Crippen LogP contribution is -2.25. The molecule has 0 aliphatic rings. The van der Waals surface area contributed by atoms with Crippen molar-refractivity contribution >= 4 is 16.9 Å². The van der Waals surface area contributed by atoms with E-state index in [2.05, 4.69) is 0 Å². The van der Waals surface area contributed by atoms with Crippen LogP contribution in [0, 0.1) is 0 Å². The van der Waals surface area contributed by atoms with Crippen LogP contribution in [0.5, 0.6) is 0 Å². The summed E-state index contributed by atoms with van der Waals surface area (Å²) >= 11 is 0. The molecule has 0 bridgehead atoms. The van der Waals surface area contributed by atoms with Crippen molar-refractivity contribution in [2.45, 2.75) is 26.4 Å². The number of rotatable bonds is 2. The van der Waals surface area contributed by atoms with E-state index in [1.54, 1.807) is 57.2 Å². The molecule has 1 aromatic heterocycles. The smallest absolute Gasteiger partial charge is 0.375 e. The molecule has 0 aliphatic heterocycles. The van der Waals surface area contributed by atoms with Crippen LogP contribution in [0.15, 0.2) is 63.8 Å². The highest BCUT2D eigenvalue weighted by Gasteiger charge is 2.26. The van der Waals surface area contributed by atoms with E-state index in [4.69, 9.17) is 9.15 Å². The molecular weight excluding hydrogens is 304 g/mol. The maximum absolute atomic E-state index is 13.0. The molecule has 0 unspecified atom stereocenters. The lowest BCUT2D eigenvalue weighted by Gasteiger charge is -2.20. The van der Waals surface area contributed by atoms with Gasteiger partial charge in [0.05, 0.1) is 10.9 Å². The van der Waals surface area contributed by atoms with Crippen LogP contribution in [0.2, 0.25) is 0 Å². The Morgan fingerprint density at radius 3 is 2.25 bits per heavy atom. The van der Waals surface area contributed by atoms with E-state index in [0.717, 1.165) is 0 Å². The van der Waals surface area contributed by atoms with E-state index in [1.807, 2.05) is 18.2 Å². The maximum atomic E-state index is 13.0. The summed E-state index contributed by atoms with van der Waals surface area (Å²) in [5.74, 6) is -0.718. The standard InChI is InChI=1S/C20H18O4/c1-20(2,3)24-19(22)18-16(13-9-5-4-6-10-13)17(21)14-11-7-8-12-15(14)23-18/h4-12H,1-3H3. The van der Waals surface area contributed by atoms with Crippen molar-refractivity contribution in [1.29, 1.82) is 0 Å². The molecule has 4 nitrogen and oxygen atoms in total. The van der Waals surface area contributed by atoms with E-state index in [0.29, 0.717) is 16.5 Å². The van der Waals surface area contributed by atoms with Gasteiger partial charge in [-0.15, -0.1) is 0 Å². The van der Waals surface area contributed by atoms with Crippen LogP contribution in [0.1, 0.15) is 31.3 Å². The van der Waals surface area contributed by atoms with E-state index in [9.17, 15) is 9.59 Å². The highest BCUT2D eigenvalue weighted by atomic mass is 16.6. The van der Waals surface area contributed by atoms with Gasteiger partial charge in [-0.1, -0.05) is 42.5 Å². The fraction of sp³-hybridized carbons (Fsp3) is 0.200. The first-order chi connectivity index (χ1) is 11.4. The van der Waals surface area contributed by atoms with Crippen LogP contribution in [-0.2, 0) is 4.74 Å². The van der Waals surface area contributed by atoms with Crippen molar-refractivity contribution in [1.82, 2.24) is 0 Å². The first-order valence-electron chi connectivity index (χ1n) is 7.71. The number of carbonyl (C=O) groups is 1. The van der Waals surface area contributed by atoms with Crippen LogP contribution >= 0.6 is 0 Å². The molecule has 0 fully saturated rings. The van der Waals surface area contributed by atoms with Gasteiger partial charge in [-0.2, -0.15) is 0 Å². The lowest BCUT2D eigenvalue weighted by atomic mass is 10.0. The monoisotopic (exact) mass is 322 g/mol. The third-order valence-corrected chi connectivity index (χ3v) is 3.44. The second-order valence-electron chi connectivity index (χ2n) is 6.50. The van der Waals surface area contributed by atoms with Crippen LogP contribution in [0.4, 0.5) is 0 Å². The van der Waals surface area contributed by atoms with Crippen LogP contribution in [-0.4, -0.2) is 11.6 Å². The summed E-state index contributed by atoms with van der Waals surface area (Å²) in [5, 5.41) is 0.434. The zero-order chi connectivity index (χ0) is 17.3. The Morgan fingerprint density at radius 2 is 1.58 bits per heavy atom. The minimum atomic E-state index is -0.685. The van der Waals surface area contributed by atoms with Crippen LogP contribution in [0.3, 0.4) is 0 Å². The van der Waals surface area contributed by atoms with Crippen LogP contribution in [0.25, 0.3) is 22.1 Å². The highest BCUT2D eigenvalue weighted by Crippen LogP contribution is 2.26. The second-order valence-corrected chi connectivity index (χ2v) is 6.50. The van der Waals surface area contributed by atoms with E-state index >= 15 is 0 Å². The summed E-state index contributed by atoms with van der Waals surface area (Å²) in [5.41, 5.74) is 0.281. The predicted molar refractivity (Wildman–Crippen MR) is 93.1 cm³/mol. The number of carbonyl (C=O) groups excluding carboxylic acids is 1. The quantitative estimate of drug-likeness (QED) is 0.656. The molecule has 0 radical (unpaired) electrons. The molecule has 24 heavy (non-hydrogen) atoms. The normalized spacial score (nSPS) is 11.5. The molecule has 2 aromatic carbocycles. The second kappa shape index (κ2) is 5.96. The minimum Gasteiger partial charge on any atom is -0.454 e. The van der Waals surface area contributed by atoms with Gasteiger partial charge in [0.1, 0.15) is 11.2 Å².